The molecule has 0 fully saturated rings. The van der Waals surface area contributed by atoms with Crippen LogP contribution in [0.3, 0.4) is 0 Å². The highest BCUT2D eigenvalue weighted by Gasteiger charge is 2.01. The van der Waals surface area contributed by atoms with Crippen LogP contribution in [0, 0.1) is 0 Å². The number of halogens is 3. The van der Waals surface area contributed by atoms with Crippen LogP contribution in [0.1, 0.15) is 10.6 Å². The van der Waals surface area contributed by atoms with Crippen LogP contribution >= 0.6 is 31.9 Å². The summed E-state index contributed by atoms with van der Waals surface area (Å²) >= 11 is 6.08. The van der Waals surface area contributed by atoms with Gasteiger partial charge in [-0.1, -0.05) is 28.1 Å². The zero-order valence-corrected chi connectivity index (χ0v) is 8.19. The second-order valence-corrected chi connectivity index (χ2v) is 3.57. The van der Waals surface area contributed by atoms with Gasteiger partial charge in [0.15, 0.2) is 5.08 Å². The van der Waals surface area contributed by atoms with Gasteiger partial charge in [-0.2, -0.15) is 0 Å². The van der Waals surface area contributed by atoms with Gasteiger partial charge in [0.25, 0.3) is 0 Å². The second kappa shape index (κ2) is 3.49. The van der Waals surface area contributed by atoms with Gasteiger partial charge in [-0.3, -0.25) is 0 Å². The van der Waals surface area contributed by atoms with Crippen LogP contribution in [-0.4, -0.2) is 0 Å². The van der Waals surface area contributed by atoms with Gasteiger partial charge in [0.2, 0.25) is 0 Å². The van der Waals surface area contributed by atoms with Crippen LogP contribution in [0.15, 0.2) is 28.7 Å². The Balaban J connectivity index is 2.89. The van der Waals surface area contributed by atoms with Crippen LogP contribution in [-0.2, 0) is 0 Å². The molecule has 54 valence electrons. The lowest BCUT2D eigenvalue weighted by atomic mass is 10.2. The van der Waals surface area contributed by atoms with Crippen molar-refractivity contribution in [2.24, 2.45) is 0 Å². The Morgan fingerprint density at radius 3 is 2.10 bits per heavy atom. The molecule has 0 bridgehead atoms. The molecule has 1 aromatic rings. The van der Waals surface area contributed by atoms with E-state index in [0.29, 0.717) is 5.56 Å². The topological polar surface area (TPSA) is 0 Å². The Hall–Kier alpha value is 0.110. The number of benzene rings is 1. The number of hydrogen-bond acceptors (Lipinski definition) is 0. The van der Waals surface area contributed by atoms with Gasteiger partial charge < -0.3 is 0 Å². The fraction of sp³-hybridized carbons (Fsp3) is 0.143. The molecule has 3 heteroatoms. The van der Waals surface area contributed by atoms with Gasteiger partial charge in [0.05, 0.1) is 0 Å². The second-order valence-electron chi connectivity index (χ2n) is 1.85. The third kappa shape index (κ3) is 2.06. The summed E-state index contributed by atoms with van der Waals surface area (Å²) in [5.41, 5.74) is 0.642. The minimum absolute atomic E-state index is 0.642. The lowest BCUT2D eigenvalue weighted by molar-refractivity contribution is 0.479. The maximum Gasteiger partial charge on any atom is 0.180 e. The molecule has 0 aliphatic heterocycles. The normalized spacial score (nSPS) is 13.1. The van der Waals surface area contributed by atoms with E-state index in [4.69, 9.17) is 0 Å². The Morgan fingerprint density at radius 2 is 1.70 bits per heavy atom. The lowest BCUT2D eigenvalue weighted by Crippen LogP contribution is -1.79. The SMILES string of the molecule is FC(Br)c1ccc(Br)cc1. The molecule has 0 aromatic heterocycles. The van der Waals surface area contributed by atoms with E-state index in [1.54, 1.807) is 12.1 Å². The Bertz CT molecular complexity index is 205. The fourth-order valence-electron chi connectivity index (χ4n) is 0.608. The van der Waals surface area contributed by atoms with E-state index in [1.165, 1.54) is 0 Å². The van der Waals surface area contributed by atoms with Crippen molar-refractivity contribution in [3.8, 4) is 0 Å². The van der Waals surface area contributed by atoms with E-state index in [9.17, 15) is 4.39 Å². The van der Waals surface area contributed by atoms with Crippen LogP contribution in [0.4, 0.5) is 4.39 Å². The largest absolute Gasteiger partial charge is 0.230 e. The molecule has 1 rings (SSSR count). The molecule has 1 aromatic carbocycles. The predicted molar refractivity (Wildman–Crippen MR) is 46.9 cm³/mol. The molecule has 0 aliphatic rings. The van der Waals surface area contributed by atoms with Crippen molar-refractivity contribution in [3.63, 3.8) is 0 Å². The zero-order chi connectivity index (χ0) is 7.56. The van der Waals surface area contributed by atoms with Crippen molar-refractivity contribution >= 4 is 31.9 Å². The molecule has 0 amide bonds. The number of hydrogen-bond donors (Lipinski definition) is 0. The highest BCUT2D eigenvalue weighted by Crippen LogP contribution is 2.24. The van der Waals surface area contributed by atoms with Gasteiger partial charge in [-0.15, -0.1) is 0 Å². The first kappa shape index (κ1) is 8.21. The van der Waals surface area contributed by atoms with Gasteiger partial charge in [-0.25, -0.2) is 4.39 Å². The van der Waals surface area contributed by atoms with Crippen LogP contribution < -0.4 is 0 Å². The molecular formula is C7H5Br2F. The van der Waals surface area contributed by atoms with Crippen molar-refractivity contribution in [1.29, 1.82) is 0 Å². The molecule has 1 atom stereocenters. The number of rotatable bonds is 1. The first-order valence-electron chi connectivity index (χ1n) is 2.74. The highest BCUT2D eigenvalue weighted by molar-refractivity contribution is 9.10. The van der Waals surface area contributed by atoms with E-state index in [-0.39, 0.29) is 0 Å². The quantitative estimate of drug-likeness (QED) is 0.679. The summed E-state index contributed by atoms with van der Waals surface area (Å²) in [6.07, 6.45) is 0. The van der Waals surface area contributed by atoms with Gasteiger partial charge in [-0.05, 0) is 33.6 Å². The van der Waals surface area contributed by atoms with Crippen molar-refractivity contribution in [3.05, 3.63) is 34.3 Å². The summed E-state index contributed by atoms with van der Waals surface area (Å²) in [5, 5.41) is -1.05. The molecule has 0 spiro atoms. The van der Waals surface area contributed by atoms with Crippen LogP contribution in [0.25, 0.3) is 0 Å². The smallest absolute Gasteiger partial charge is 0.180 e. The molecule has 0 saturated carbocycles. The van der Waals surface area contributed by atoms with E-state index < -0.39 is 5.08 Å². The fourth-order valence-corrected chi connectivity index (χ4v) is 1.18. The number of alkyl halides is 2. The average molecular weight is 268 g/mol. The standard InChI is InChI=1S/C7H5Br2F/c8-6-3-1-5(2-4-6)7(9)10/h1-4,7H. The van der Waals surface area contributed by atoms with E-state index in [2.05, 4.69) is 31.9 Å². The summed E-state index contributed by atoms with van der Waals surface area (Å²) < 4.78 is 13.4. The third-order valence-corrected chi connectivity index (χ3v) is 2.18. The molecule has 10 heavy (non-hydrogen) atoms. The van der Waals surface area contributed by atoms with Crippen molar-refractivity contribution in [2.45, 2.75) is 5.08 Å². The predicted octanol–water partition coefficient (Wildman–Crippen LogP) is 3.81. The van der Waals surface area contributed by atoms with E-state index >= 15 is 0 Å². The van der Waals surface area contributed by atoms with Crippen molar-refractivity contribution in [2.75, 3.05) is 0 Å². The summed E-state index contributed by atoms with van der Waals surface area (Å²) in [7, 11) is 0. The minimum Gasteiger partial charge on any atom is -0.230 e. The maximum atomic E-state index is 12.5. The van der Waals surface area contributed by atoms with E-state index in [1.807, 2.05) is 12.1 Å². The molecule has 0 nitrogen and oxygen atoms in total. The molecule has 1 unspecified atom stereocenters. The van der Waals surface area contributed by atoms with Gasteiger partial charge in [0.1, 0.15) is 0 Å². The molecular weight excluding hydrogens is 263 g/mol. The molecule has 0 saturated heterocycles. The van der Waals surface area contributed by atoms with Crippen molar-refractivity contribution < 1.29 is 4.39 Å². The van der Waals surface area contributed by atoms with E-state index in [0.717, 1.165) is 4.47 Å². The Morgan fingerprint density at radius 1 is 1.20 bits per heavy atom. The lowest BCUT2D eigenvalue weighted by Gasteiger charge is -1.98. The first-order chi connectivity index (χ1) is 4.70. The summed E-state index contributed by atoms with van der Waals surface area (Å²) in [6, 6.07) is 7.07. The highest BCUT2D eigenvalue weighted by atomic mass is 79.9. The van der Waals surface area contributed by atoms with Crippen LogP contribution in [0.5, 0.6) is 0 Å². The summed E-state index contributed by atoms with van der Waals surface area (Å²) in [4.78, 5) is 0. The van der Waals surface area contributed by atoms with Gasteiger partial charge in [0, 0.05) is 4.47 Å². The van der Waals surface area contributed by atoms with Crippen molar-refractivity contribution in [1.82, 2.24) is 0 Å². The van der Waals surface area contributed by atoms with Gasteiger partial charge >= 0.3 is 0 Å². The molecule has 0 radical (unpaired) electrons. The Labute approximate surface area is 75.7 Å². The Kier molecular flexibility index (Phi) is 2.86. The molecule has 0 N–H and O–H groups in total. The monoisotopic (exact) mass is 266 g/mol. The minimum atomic E-state index is -1.05. The zero-order valence-electron chi connectivity index (χ0n) is 5.02. The summed E-state index contributed by atoms with van der Waals surface area (Å²) in [6.45, 7) is 0. The van der Waals surface area contributed by atoms with Crippen LogP contribution in [0.2, 0.25) is 0 Å². The average Bonchev–Trinajstić information content (AvgIpc) is 1.88. The molecule has 0 aliphatic carbocycles. The third-order valence-electron chi connectivity index (χ3n) is 1.12. The molecule has 0 heterocycles. The maximum absolute atomic E-state index is 12.5. The first-order valence-corrected chi connectivity index (χ1v) is 4.44. The summed E-state index contributed by atoms with van der Waals surface area (Å²) in [5.74, 6) is 0.